The van der Waals surface area contributed by atoms with Gasteiger partial charge < -0.3 is 21.4 Å². The molecular weight excluding hydrogens is 343 g/mol. The lowest BCUT2D eigenvalue weighted by atomic mass is 9.98. The Morgan fingerprint density at radius 1 is 1.15 bits per heavy atom. The van der Waals surface area contributed by atoms with Crippen molar-refractivity contribution in [1.29, 1.82) is 0 Å². The van der Waals surface area contributed by atoms with Crippen molar-refractivity contribution >= 4 is 16.8 Å². The number of nitrogens with zero attached hydrogens (tertiary/aromatic N) is 1. The number of aromatic amines is 1. The summed E-state index contributed by atoms with van der Waals surface area (Å²) in [6, 6.07) is 15.4. The fourth-order valence-corrected chi connectivity index (χ4v) is 3.85. The number of carbonyl (C=O) groups is 1. The van der Waals surface area contributed by atoms with Gasteiger partial charge in [0.2, 0.25) is 0 Å². The molecule has 0 spiro atoms. The van der Waals surface area contributed by atoms with Crippen LogP contribution in [0.2, 0.25) is 0 Å². The van der Waals surface area contributed by atoms with Crippen LogP contribution in [0.3, 0.4) is 0 Å². The number of rotatable bonds is 5. The van der Waals surface area contributed by atoms with Gasteiger partial charge in [-0.3, -0.25) is 4.79 Å². The molecule has 2 aromatic carbocycles. The summed E-state index contributed by atoms with van der Waals surface area (Å²) in [7, 11) is 0. The highest BCUT2D eigenvalue weighted by Gasteiger charge is 2.30. The second-order valence-electron chi connectivity index (χ2n) is 7.09. The van der Waals surface area contributed by atoms with E-state index in [0.29, 0.717) is 12.2 Å². The summed E-state index contributed by atoms with van der Waals surface area (Å²) in [6.07, 6.45) is -1.01. The third kappa shape index (κ3) is 3.22. The van der Waals surface area contributed by atoms with Crippen molar-refractivity contribution in [3.05, 3.63) is 59.8 Å². The highest BCUT2D eigenvalue weighted by atomic mass is 19.1. The van der Waals surface area contributed by atoms with Crippen molar-refractivity contribution < 1.29 is 9.18 Å². The standard InChI is InChI=1S/C21H23FN4O/c22-14(10-23)9-15(24)12-26-11-13-5-1-2-6-16(13)19-17-7-3-4-8-18(17)25-20(19)21(26)27/h1-8,14-15,25H,9-12,23-24H2/t14?,15-/m1/s1. The molecule has 140 valence electrons. The molecule has 0 saturated heterocycles. The number of benzene rings is 2. The fraction of sp³-hybridized carbons (Fsp3) is 0.286. The van der Waals surface area contributed by atoms with Crippen LogP contribution in [0.4, 0.5) is 4.39 Å². The highest BCUT2D eigenvalue weighted by molar-refractivity contribution is 6.11. The lowest BCUT2D eigenvalue weighted by Crippen LogP contribution is -2.42. The largest absolute Gasteiger partial charge is 0.350 e. The molecule has 1 aliphatic rings. The molecule has 5 N–H and O–H groups in total. The Kier molecular flexibility index (Phi) is 4.68. The quantitative estimate of drug-likeness (QED) is 0.649. The molecule has 1 amide bonds. The van der Waals surface area contributed by atoms with Gasteiger partial charge in [0, 0.05) is 42.1 Å². The van der Waals surface area contributed by atoms with Crippen molar-refractivity contribution in [3.8, 4) is 11.1 Å². The van der Waals surface area contributed by atoms with Crippen molar-refractivity contribution in [1.82, 2.24) is 9.88 Å². The summed E-state index contributed by atoms with van der Waals surface area (Å²) in [4.78, 5) is 18.3. The molecule has 1 aromatic heterocycles. The van der Waals surface area contributed by atoms with Crippen molar-refractivity contribution in [2.45, 2.75) is 25.2 Å². The van der Waals surface area contributed by atoms with E-state index in [2.05, 4.69) is 4.98 Å². The van der Waals surface area contributed by atoms with Gasteiger partial charge in [-0.1, -0.05) is 42.5 Å². The summed E-state index contributed by atoms with van der Waals surface area (Å²) in [5.41, 5.74) is 16.0. The van der Waals surface area contributed by atoms with Gasteiger partial charge in [0.05, 0.1) is 0 Å². The Morgan fingerprint density at radius 3 is 2.70 bits per heavy atom. The topological polar surface area (TPSA) is 88.1 Å². The minimum absolute atomic E-state index is 0.0589. The van der Waals surface area contributed by atoms with E-state index in [0.717, 1.165) is 27.6 Å². The van der Waals surface area contributed by atoms with E-state index in [1.807, 2.05) is 48.5 Å². The molecule has 3 aromatic rings. The second kappa shape index (κ2) is 7.13. The number of nitrogens with two attached hydrogens (primary N) is 2. The van der Waals surface area contributed by atoms with Crippen LogP contribution >= 0.6 is 0 Å². The summed E-state index contributed by atoms with van der Waals surface area (Å²) >= 11 is 0. The van der Waals surface area contributed by atoms with E-state index < -0.39 is 12.2 Å². The van der Waals surface area contributed by atoms with E-state index in [4.69, 9.17) is 11.5 Å². The number of nitrogens with one attached hydrogen (secondary N) is 1. The van der Waals surface area contributed by atoms with Crippen LogP contribution in [0.1, 0.15) is 22.5 Å². The second-order valence-corrected chi connectivity index (χ2v) is 7.09. The van der Waals surface area contributed by atoms with E-state index >= 15 is 0 Å². The third-order valence-electron chi connectivity index (χ3n) is 5.12. The Bertz CT molecular complexity index is 983. The smallest absolute Gasteiger partial charge is 0.271 e. The number of para-hydroxylation sites is 1. The maximum absolute atomic E-state index is 13.6. The van der Waals surface area contributed by atoms with Crippen molar-refractivity contribution in [2.75, 3.05) is 13.1 Å². The van der Waals surface area contributed by atoms with Gasteiger partial charge in [-0.25, -0.2) is 4.39 Å². The number of hydrogen-bond donors (Lipinski definition) is 3. The summed E-state index contributed by atoms with van der Waals surface area (Å²) < 4.78 is 13.6. The van der Waals surface area contributed by atoms with Crippen molar-refractivity contribution in [3.63, 3.8) is 0 Å². The molecule has 0 bridgehead atoms. The molecule has 6 heteroatoms. The molecule has 5 nitrogen and oxygen atoms in total. The number of halogens is 1. The molecule has 0 radical (unpaired) electrons. The zero-order valence-electron chi connectivity index (χ0n) is 15.0. The normalized spacial score (nSPS) is 16.0. The van der Waals surface area contributed by atoms with Gasteiger partial charge in [-0.05, 0) is 23.6 Å². The Labute approximate surface area is 157 Å². The van der Waals surface area contributed by atoms with Gasteiger partial charge in [0.25, 0.3) is 5.91 Å². The molecular formula is C21H23FN4O. The Balaban J connectivity index is 1.77. The van der Waals surface area contributed by atoms with Crippen LogP contribution < -0.4 is 11.5 Å². The van der Waals surface area contributed by atoms with E-state index in [1.165, 1.54) is 0 Å². The molecule has 4 rings (SSSR count). The molecule has 1 unspecified atom stereocenters. The molecule has 0 aliphatic carbocycles. The predicted octanol–water partition coefficient (Wildman–Crippen LogP) is 2.80. The van der Waals surface area contributed by atoms with Crippen LogP contribution in [-0.4, -0.2) is 41.1 Å². The summed E-state index contributed by atoms with van der Waals surface area (Å²) in [5, 5.41) is 1.02. The van der Waals surface area contributed by atoms with Crippen LogP contribution in [0, 0.1) is 0 Å². The van der Waals surface area contributed by atoms with Gasteiger partial charge in [-0.2, -0.15) is 0 Å². The zero-order valence-corrected chi connectivity index (χ0v) is 15.0. The fourth-order valence-electron chi connectivity index (χ4n) is 3.85. The maximum Gasteiger partial charge on any atom is 0.271 e. The molecule has 2 heterocycles. The number of amides is 1. The average Bonchev–Trinajstić information content (AvgIpc) is 3.01. The number of aromatic nitrogens is 1. The lowest BCUT2D eigenvalue weighted by Gasteiger charge is -2.25. The van der Waals surface area contributed by atoms with Gasteiger partial charge in [-0.15, -0.1) is 0 Å². The van der Waals surface area contributed by atoms with E-state index in [1.54, 1.807) is 4.90 Å². The van der Waals surface area contributed by atoms with Crippen molar-refractivity contribution in [2.24, 2.45) is 11.5 Å². The summed E-state index contributed by atoms with van der Waals surface area (Å²) in [5.74, 6) is -0.115. The molecule has 0 fully saturated rings. The first-order chi connectivity index (χ1) is 13.1. The number of hydrogen-bond acceptors (Lipinski definition) is 3. The first kappa shape index (κ1) is 17.7. The number of carbonyl (C=O) groups excluding carboxylic acids is 1. The minimum Gasteiger partial charge on any atom is -0.350 e. The number of fused-ring (bicyclic) bond motifs is 5. The van der Waals surface area contributed by atoms with E-state index in [9.17, 15) is 9.18 Å². The van der Waals surface area contributed by atoms with Gasteiger partial charge >= 0.3 is 0 Å². The maximum atomic E-state index is 13.6. The highest BCUT2D eigenvalue weighted by Crippen LogP contribution is 2.38. The predicted molar refractivity (Wildman–Crippen MR) is 105 cm³/mol. The first-order valence-electron chi connectivity index (χ1n) is 9.16. The number of alkyl halides is 1. The zero-order chi connectivity index (χ0) is 19.0. The molecule has 1 aliphatic heterocycles. The van der Waals surface area contributed by atoms with Crippen LogP contribution in [-0.2, 0) is 6.54 Å². The SMILES string of the molecule is NCC(F)C[C@@H](N)CN1Cc2ccccc2-c2c([nH]c3ccccc23)C1=O. The lowest BCUT2D eigenvalue weighted by molar-refractivity contribution is 0.0724. The van der Waals surface area contributed by atoms with Crippen LogP contribution in [0.25, 0.3) is 22.0 Å². The third-order valence-corrected chi connectivity index (χ3v) is 5.12. The van der Waals surface area contributed by atoms with Gasteiger partial charge in [0.1, 0.15) is 11.9 Å². The molecule has 0 saturated carbocycles. The Hall–Kier alpha value is -2.70. The van der Waals surface area contributed by atoms with Gasteiger partial charge in [0.15, 0.2) is 0 Å². The average molecular weight is 366 g/mol. The Morgan fingerprint density at radius 2 is 1.89 bits per heavy atom. The summed E-state index contributed by atoms with van der Waals surface area (Å²) in [6.45, 7) is 0.665. The molecule has 27 heavy (non-hydrogen) atoms. The van der Waals surface area contributed by atoms with E-state index in [-0.39, 0.29) is 25.4 Å². The minimum atomic E-state index is -1.15. The van der Waals surface area contributed by atoms with Crippen LogP contribution in [0.15, 0.2) is 48.5 Å². The van der Waals surface area contributed by atoms with Crippen LogP contribution in [0.5, 0.6) is 0 Å². The molecule has 2 atom stereocenters. The monoisotopic (exact) mass is 366 g/mol. The number of H-pyrrole nitrogens is 1. The first-order valence-corrected chi connectivity index (χ1v) is 9.16.